The van der Waals surface area contributed by atoms with Gasteiger partial charge in [0, 0.05) is 18.5 Å². The second-order valence-electron chi connectivity index (χ2n) is 6.15. The molecule has 0 fully saturated rings. The number of carbonyl (C=O) groups excluding carboxylic acids is 2. The monoisotopic (exact) mass is 320 g/mol. The lowest BCUT2D eigenvalue weighted by molar-refractivity contribution is -0.692. The summed E-state index contributed by atoms with van der Waals surface area (Å²) in [5.41, 5.74) is 2.58. The number of hydrogen-bond acceptors (Lipinski definition) is 2. The van der Waals surface area contributed by atoms with E-state index in [2.05, 4.69) is 55.7 Å². The number of amides is 2. The Morgan fingerprint density at radius 2 is 1.78 bits per heavy atom. The van der Waals surface area contributed by atoms with E-state index in [1.54, 1.807) is 7.05 Å². The first-order chi connectivity index (χ1) is 11.0. The predicted molar refractivity (Wildman–Crippen MR) is 91.9 cm³/mol. The van der Waals surface area contributed by atoms with Gasteiger partial charge in [0.05, 0.1) is 6.54 Å². The number of aryl methyl sites for hydroxylation is 1. The average molecular weight is 320 g/mol. The van der Waals surface area contributed by atoms with Gasteiger partial charge in [0.25, 0.3) is 5.91 Å². The Morgan fingerprint density at radius 1 is 1.13 bits per heavy atom. The predicted octanol–water partition coefficient (Wildman–Crippen LogP) is 0.762. The summed E-state index contributed by atoms with van der Waals surface area (Å²) in [4.78, 5) is 23.0. The molecular weight excluding hydrogens is 290 g/mol. The molecule has 0 bridgehead atoms. The smallest absolute Gasteiger partial charge is 0.275 e. The van der Waals surface area contributed by atoms with Crippen molar-refractivity contribution in [3.8, 4) is 0 Å². The minimum absolute atomic E-state index is 0.0290. The highest BCUT2D eigenvalue weighted by Gasteiger charge is 2.20. The fraction of sp³-hybridized carbons (Fsp3) is 0.556. The van der Waals surface area contributed by atoms with Crippen LogP contribution in [0, 0.1) is 5.92 Å². The summed E-state index contributed by atoms with van der Waals surface area (Å²) in [7, 11) is 1.55. The lowest BCUT2D eigenvalue weighted by atomic mass is 9.94. The summed E-state index contributed by atoms with van der Waals surface area (Å²) < 4.78 is 0. The number of nitrogens with two attached hydrogens (primary N) is 1. The van der Waals surface area contributed by atoms with Gasteiger partial charge >= 0.3 is 0 Å². The fourth-order valence-corrected chi connectivity index (χ4v) is 2.56. The fourth-order valence-electron chi connectivity index (χ4n) is 2.56. The van der Waals surface area contributed by atoms with Crippen molar-refractivity contribution in [3.05, 3.63) is 35.4 Å². The summed E-state index contributed by atoms with van der Waals surface area (Å²) >= 11 is 0. The average Bonchev–Trinajstić information content (AvgIpc) is 2.54. The number of rotatable bonds is 9. The normalized spacial score (nSPS) is 12.0. The van der Waals surface area contributed by atoms with E-state index in [9.17, 15) is 9.59 Å². The van der Waals surface area contributed by atoms with Crippen LogP contribution in [0.15, 0.2) is 24.3 Å². The molecule has 0 aliphatic heterocycles. The van der Waals surface area contributed by atoms with Crippen LogP contribution >= 0.6 is 0 Å². The maximum atomic E-state index is 11.8. The zero-order chi connectivity index (χ0) is 17.2. The van der Waals surface area contributed by atoms with E-state index in [0.29, 0.717) is 12.5 Å². The zero-order valence-corrected chi connectivity index (χ0v) is 14.7. The molecule has 4 N–H and O–H groups in total. The third kappa shape index (κ3) is 6.82. The maximum Gasteiger partial charge on any atom is 0.275 e. The van der Waals surface area contributed by atoms with Crippen LogP contribution in [0.3, 0.4) is 0 Å². The van der Waals surface area contributed by atoms with E-state index >= 15 is 0 Å². The Labute approximate surface area is 139 Å². The SMILES string of the molecule is CCCc1ccc([C@@H]([NH2+]CC(=O)NCC(=O)NC)C(C)C)cc1. The van der Waals surface area contributed by atoms with Crippen molar-refractivity contribution in [2.45, 2.75) is 39.7 Å². The molecule has 1 rings (SSSR count). The molecule has 0 aromatic heterocycles. The first-order valence-electron chi connectivity index (χ1n) is 8.37. The zero-order valence-electron chi connectivity index (χ0n) is 14.7. The molecule has 1 atom stereocenters. The van der Waals surface area contributed by atoms with Gasteiger partial charge in [-0.25, -0.2) is 0 Å². The van der Waals surface area contributed by atoms with Crippen LogP contribution in [0.4, 0.5) is 0 Å². The number of nitrogens with one attached hydrogen (secondary N) is 2. The second kappa shape index (κ2) is 10.0. The van der Waals surface area contributed by atoms with E-state index in [-0.39, 0.29) is 24.4 Å². The molecule has 2 amide bonds. The summed E-state index contributed by atoms with van der Waals surface area (Å²) in [6.45, 7) is 6.83. The van der Waals surface area contributed by atoms with Gasteiger partial charge in [-0.15, -0.1) is 0 Å². The standard InChI is InChI=1S/C18H29N3O2/c1-5-6-14-7-9-15(10-8-14)18(13(2)3)21-12-17(23)20-11-16(22)19-4/h7-10,13,18,21H,5-6,11-12H2,1-4H3,(H,19,22)(H,20,23)/p+1/t18-/m0/s1. The quantitative estimate of drug-likeness (QED) is 0.628. The van der Waals surface area contributed by atoms with Gasteiger partial charge < -0.3 is 16.0 Å². The molecular formula is C18H30N3O2+. The molecule has 0 heterocycles. The Kier molecular flexibility index (Phi) is 8.33. The molecule has 1 aromatic rings. The molecule has 1 aromatic carbocycles. The number of carbonyl (C=O) groups is 2. The molecule has 0 unspecified atom stereocenters. The lowest BCUT2D eigenvalue weighted by Gasteiger charge is -2.19. The maximum absolute atomic E-state index is 11.8. The Bertz CT molecular complexity index is 497. The van der Waals surface area contributed by atoms with Crippen LogP contribution < -0.4 is 16.0 Å². The molecule has 5 nitrogen and oxygen atoms in total. The number of hydrogen-bond donors (Lipinski definition) is 3. The second-order valence-corrected chi connectivity index (χ2v) is 6.15. The highest BCUT2D eigenvalue weighted by atomic mass is 16.2. The van der Waals surface area contributed by atoms with E-state index in [0.717, 1.165) is 12.8 Å². The molecule has 0 aliphatic rings. The van der Waals surface area contributed by atoms with Crippen molar-refractivity contribution in [1.29, 1.82) is 0 Å². The number of likely N-dealkylation sites (N-methyl/N-ethyl adjacent to an activating group) is 1. The molecule has 0 saturated heterocycles. The number of quaternary nitrogens is 1. The largest absolute Gasteiger partial charge is 0.358 e. The number of benzene rings is 1. The van der Waals surface area contributed by atoms with Crippen LogP contribution in [0.2, 0.25) is 0 Å². The van der Waals surface area contributed by atoms with Crippen molar-refractivity contribution in [2.75, 3.05) is 20.1 Å². The third-order valence-corrected chi connectivity index (χ3v) is 3.90. The van der Waals surface area contributed by atoms with Gasteiger partial charge in [-0.3, -0.25) is 9.59 Å². The van der Waals surface area contributed by atoms with Crippen LogP contribution in [-0.4, -0.2) is 32.0 Å². The highest BCUT2D eigenvalue weighted by Crippen LogP contribution is 2.18. The van der Waals surface area contributed by atoms with Gasteiger partial charge in [-0.2, -0.15) is 0 Å². The topological polar surface area (TPSA) is 74.8 Å². The minimum atomic E-state index is -0.190. The highest BCUT2D eigenvalue weighted by molar-refractivity contribution is 5.84. The van der Waals surface area contributed by atoms with Crippen molar-refractivity contribution in [2.24, 2.45) is 5.92 Å². The van der Waals surface area contributed by atoms with E-state index in [4.69, 9.17) is 0 Å². The first-order valence-corrected chi connectivity index (χ1v) is 8.37. The van der Waals surface area contributed by atoms with Crippen LogP contribution in [0.1, 0.15) is 44.4 Å². The molecule has 128 valence electrons. The molecule has 0 aliphatic carbocycles. The van der Waals surface area contributed by atoms with Gasteiger partial charge in [0.15, 0.2) is 6.54 Å². The van der Waals surface area contributed by atoms with Crippen LogP contribution in [0.25, 0.3) is 0 Å². The van der Waals surface area contributed by atoms with Gasteiger partial charge in [0.2, 0.25) is 5.91 Å². The van der Waals surface area contributed by atoms with Gasteiger partial charge in [-0.1, -0.05) is 51.5 Å². The molecule has 5 heteroatoms. The van der Waals surface area contributed by atoms with E-state index in [1.807, 2.05) is 5.32 Å². The van der Waals surface area contributed by atoms with Crippen molar-refractivity contribution >= 4 is 11.8 Å². The van der Waals surface area contributed by atoms with Crippen molar-refractivity contribution < 1.29 is 14.9 Å². The summed E-state index contributed by atoms with van der Waals surface area (Å²) in [6, 6.07) is 8.90. The van der Waals surface area contributed by atoms with E-state index < -0.39 is 0 Å². The molecule has 0 radical (unpaired) electrons. The van der Waals surface area contributed by atoms with E-state index in [1.165, 1.54) is 11.1 Å². The molecule has 0 spiro atoms. The molecule has 0 saturated carbocycles. The minimum Gasteiger partial charge on any atom is -0.358 e. The van der Waals surface area contributed by atoms with Crippen molar-refractivity contribution in [3.63, 3.8) is 0 Å². The first kappa shape index (κ1) is 19.2. The van der Waals surface area contributed by atoms with Crippen LogP contribution in [-0.2, 0) is 16.0 Å². The Balaban J connectivity index is 2.58. The third-order valence-electron chi connectivity index (χ3n) is 3.90. The van der Waals surface area contributed by atoms with Gasteiger partial charge in [0.1, 0.15) is 6.04 Å². The van der Waals surface area contributed by atoms with Crippen molar-refractivity contribution in [1.82, 2.24) is 10.6 Å². The summed E-state index contributed by atoms with van der Waals surface area (Å²) in [5, 5.41) is 7.14. The molecule has 23 heavy (non-hydrogen) atoms. The Hall–Kier alpha value is -1.88. The summed E-state index contributed by atoms with van der Waals surface area (Å²) in [5.74, 6) is 0.103. The lowest BCUT2D eigenvalue weighted by Crippen LogP contribution is -2.88. The Morgan fingerprint density at radius 3 is 2.30 bits per heavy atom. The van der Waals surface area contributed by atoms with Gasteiger partial charge in [-0.05, 0) is 12.0 Å². The van der Waals surface area contributed by atoms with Crippen LogP contribution in [0.5, 0.6) is 0 Å². The summed E-state index contributed by atoms with van der Waals surface area (Å²) in [6.07, 6.45) is 2.24.